The summed E-state index contributed by atoms with van der Waals surface area (Å²) in [6.07, 6.45) is 9.74. The van der Waals surface area contributed by atoms with Crippen molar-refractivity contribution in [3.05, 3.63) is 53.8 Å². The molecule has 2 aromatic carbocycles. The van der Waals surface area contributed by atoms with Crippen molar-refractivity contribution in [2.45, 2.75) is 58.3 Å². The Bertz CT molecular complexity index is 710. The third-order valence-corrected chi connectivity index (χ3v) is 4.65. The summed E-state index contributed by atoms with van der Waals surface area (Å²) >= 11 is 0. The molecule has 0 bridgehead atoms. The highest BCUT2D eigenvalue weighted by atomic mass is 19.1. The summed E-state index contributed by atoms with van der Waals surface area (Å²) in [7, 11) is 0. The predicted octanol–water partition coefficient (Wildman–Crippen LogP) is 6.71. The van der Waals surface area contributed by atoms with Gasteiger partial charge in [0.15, 0.2) is 11.6 Å². The predicted molar refractivity (Wildman–Crippen MR) is 107 cm³/mol. The Labute approximate surface area is 161 Å². The molecule has 0 heterocycles. The zero-order valence-corrected chi connectivity index (χ0v) is 16.0. The van der Waals surface area contributed by atoms with E-state index in [2.05, 4.69) is 6.92 Å². The average Bonchev–Trinajstić information content (AvgIpc) is 2.67. The number of ether oxygens (including phenoxy) is 1. The van der Waals surface area contributed by atoms with E-state index >= 15 is 0 Å². The summed E-state index contributed by atoms with van der Waals surface area (Å²) in [5, 5.41) is 8.94. The Morgan fingerprint density at radius 2 is 1.48 bits per heavy atom. The van der Waals surface area contributed by atoms with Crippen molar-refractivity contribution < 1.29 is 19.0 Å². The third kappa shape index (κ3) is 7.05. The normalized spacial score (nSPS) is 10.7. The van der Waals surface area contributed by atoms with Gasteiger partial charge in [-0.05, 0) is 41.8 Å². The minimum absolute atomic E-state index is 0.213. The highest BCUT2D eigenvalue weighted by Gasteiger charge is 2.08. The second-order valence-corrected chi connectivity index (χ2v) is 6.85. The van der Waals surface area contributed by atoms with Crippen LogP contribution in [-0.4, -0.2) is 17.7 Å². The Balaban J connectivity index is 1.77. The zero-order chi connectivity index (χ0) is 19.5. The van der Waals surface area contributed by atoms with E-state index in [1.54, 1.807) is 24.3 Å². The van der Waals surface area contributed by atoms with Crippen LogP contribution in [0.2, 0.25) is 0 Å². The van der Waals surface area contributed by atoms with Gasteiger partial charge < -0.3 is 9.84 Å². The molecule has 1 N–H and O–H groups in total. The summed E-state index contributed by atoms with van der Waals surface area (Å²) in [4.78, 5) is 10.9. The van der Waals surface area contributed by atoms with Gasteiger partial charge in [0.25, 0.3) is 0 Å². The fraction of sp³-hybridized carbons (Fsp3) is 0.435. The fourth-order valence-corrected chi connectivity index (χ4v) is 3.02. The molecule has 0 amide bonds. The van der Waals surface area contributed by atoms with Crippen molar-refractivity contribution >= 4 is 5.97 Å². The molecule has 0 fully saturated rings. The molecule has 2 rings (SSSR count). The molecular formula is C23H29FO3. The van der Waals surface area contributed by atoms with Gasteiger partial charge in [-0.25, -0.2) is 9.18 Å². The number of rotatable bonds is 12. The number of halogens is 1. The van der Waals surface area contributed by atoms with Gasteiger partial charge in [-0.1, -0.05) is 70.1 Å². The number of aromatic carboxylic acids is 1. The Kier molecular flexibility index (Phi) is 8.82. The number of hydrogen-bond donors (Lipinski definition) is 1. The average molecular weight is 372 g/mol. The van der Waals surface area contributed by atoms with Crippen LogP contribution >= 0.6 is 0 Å². The van der Waals surface area contributed by atoms with Gasteiger partial charge in [0.2, 0.25) is 0 Å². The van der Waals surface area contributed by atoms with E-state index < -0.39 is 11.8 Å². The number of benzene rings is 2. The van der Waals surface area contributed by atoms with Crippen LogP contribution in [0.3, 0.4) is 0 Å². The lowest BCUT2D eigenvalue weighted by atomic mass is 10.0. The Hall–Kier alpha value is -2.36. The zero-order valence-electron chi connectivity index (χ0n) is 16.0. The Morgan fingerprint density at radius 1 is 0.889 bits per heavy atom. The van der Waals surface area contributed by atoms with Crippen LogP contribution in [0.4, 0.5) is 4.39 Å². The molecule has 146 valence electrons. The van der Waals surface area contributed by atoms with E-state index in [-0.39, 0.29) is 11.3 Å². The summed E-state index contributed by atoms with van der Waals surface area (Å²) in [6.45, 7) is 2.75. The summed E-state index contributed by atoms with van der Waals surface area (Å²) in [6, 6.07) is 11.3. The molecule has 3 nitrogen and oxygen atoms in total. The number of carboxylic acid groups (broad SMARTS) is 1. The monoisotopic (exact) mass is 372 g/mol. The molecule has 0 saturated heterocycles. The number of hydrogen-bond acceptors (Lipinski definition) is 2. The topological polar surface area (TPSA) is 46.5 Å². The van der Waals surface area contributed by atoms with Crippen LogP contribution in [0, 0.1) is 5.82 Å². The molecule has 4 heteroatoms. The maximum atomic E-state index is 14.3. The van der Waals surface area contributed by atoms with Gasteiger partial charge in [-0.15, -0.1) is 0 Å². The van der Waals surface area contributed by atoms with E-state index in [4.69, 9.17) is 9.84 Å². The van der Waals surface area contributed by atoms with Gasteiger partial charge in [0.05, 0.1) is 12.2 Å². The molecule has 0 aliphatic rings. The molecule has 27 heavy (non-hydrogen) atoms. The minimum atomic E-state index is -0.975. The first kappa shape index (κ1) is 20.9. The second-order valence-electron chi connectivity index (χ2n) is 6.85. The molecule has 0 aromatic heterocycles. The molecule has 2 aromatic rings. The quantitative estimate of drug-likeness (QED) is 0.421. The van der Waals surface area contributed by atoms with Gasteiger partial charge in [-0.2, -0.15) is 0 Å². The summed E-state index contributed by atoms with van der Waals surface area (Å²) in [5.41, 5.74) is 1.68. The van der Waals surface area contributed by atoms with Crippen LogP contribution in [-0.2, 0) is 0 Å². The van der Waals surface area contributed by atoms with Crippen LogP contribution in [0.15, 0.2) is 42.5 Å². The maximum Gasteiger partial charge on any atom is 0.335 e. The van der Waals surface area contributed by atoms with Gasteiger partial charge >= 0.3 is 5.97 Å². The molecule has 0 saturated carbocycles. The lowest BCUT2D eigenvalue weighted by Crippen LogP contribution is -1.99. The van der Waals surface area contributed by atoms with E-state index in [1.807, 2.05) is 0 Å². The first-order valence-corrected chi connectivity index (χ1v) is 9.88. The van der Waals surface area contributed by atoms with Crippen LogP contribution in [0.25, 0.3) is 11.1 Å². The number of carboxylic acids is 1. The first-order chi connectivity index (χ1) is 13.1. The van der Waals surface area contributed by atoms with Crippen LogP contribution in [0.5, 0.6) is 5.75 Å². The van der Waals surface area contributed by atoms with Gasteiger partial charge in [-0.3, -0.25) is 0 Å². The summed E-state index contributed by atoms with van der Waals surface area (Å²) in [5.74, 6) is -1.10. The third-order valence-electron chi connectivity index (χ3n) is 4.65. The van der Waals surface area contributed by atoms with Crippen molar-refractivity contribution in [3.63, 3.8) is 0 Å². The van der Waals surface area contributed by atoms with Gasteiger partial charge in [0, 0.05) is 0 Å². The molecular weight excluding hydrogens is 343 g/mol. The minimum Gasteiger partial charge on any atom is -0.491 e. The lowest BCUT2D eigenvalue weighted by Gasteiger charge is -2.09. The molecule has 0 unspecified atom stereocenters. The molecule has 0 aliphatic carbocycles. The lowest BCUT2D eigenvalue weighted by molar-refractivity contribution is 0.0697. The summed E-state index contributed by atoms with van der Waals surface area (Å²) < 4.78 is 19.8. The van der Waals surface area contributed by atoms with Crippen molar-refractivity contribution in [1.29, 1.82) is 0 Å². The first-order valence-electron chi connectivity index (χ1n) is 9.88. The standard InChI is InChI=1S/C23H29FO3/c1-2-3-4-5-6-7-8-9-16-27-22-15-14-20(17-21(22)24)18-10-12-19(13-11-18)23(25)26/h10-15,17H,2-9,16H2,1H3,(H,25,26). The highest BCUT2D eigenvalue weighted by Crippen LogP contribution is 2.26. The maximum absolute atomic E-state index is 14.3. The highest BCUT2D eigenvalue weighted by molar-refractivity contribution is 5.88. The van der Waals surface area contributed by atoms with Crippen LogP contribution in [0.1, 0.15) is 68.6 Å². The molecule has 0 aliphatic heterocycles. The van der Waals surface area contributed by atoms with E-state index in [0.717, 1.165) is 18.4 Å². The van der Waals surface area contributed by atoms with E-state index in [9.17, 15) is 9.18 Å². The van der Waals surface area contributed by atoms with E-state index in [1.165, 1.54) is 56.7 Å². The number of carbonyl (C=O) groups is 1. The Morgan fingerprint density at radius 3 is 2.07 bits per heavy atom. The largest absolute Gasteiger partial charge is 0.491 e. The van der Waals surface area contributed by atoms with E-state index in [0.29, 0.717) is 12.2 Å². The van der Waals surface area contributed by atoms with Gasteiger partial charge in [0.1, 0.15) is 0 Å². The van der Waals surface area contributed by atoms with Crippen molar-refractivity contribution in [2.75, 3.05) is 6.61 Å². The van der Waals surface area contributed by atoms with Crippen molar-refractivity contribution in [2.24, 2.45) is 0 Å². The smallest absolute Gasteiger partial charge is 0.335 e. The molecule has 0 spiro atoms. The number of unbranched alkanes of at least 4 members (excludes halogenated alkanes) is 7. The molecule has 0 atom stereocenters. The van der Waals surface area contributed by atoms with Crippen molar-refractivity contribution in [3.8, 4) is 16.9 Å². The second kappa shape index (κ2) is 11.4. The SMILES string of the molecule is CCCCCCCCCCOc1ccc(-c2ccc(C(=O)O)cc2)cc1F. The van der Waals surface area contributed by atoms with Crippen LogP contribution < -0.4 is 4.74 Å². The molecule has 0 radical (unpaired) electrons. The fourth-order valence-electron chi connectivity index (χ4n) is 3.02. The van der Waals surface area contributed by atoms with Crippen molar-refractivity contribution in [1.82, 2.24) is 0 Å².